The molecule has 3 aromatic carbocycles. The fourth-order valence-electron chi connectivity index (χ4n) is 5.45. The number of ether oxygens (including phenoxy) is 1. The number of rotatable bonds is 6. The molecule has 0 saturated carbocycles. The summed E-state index contributed by atoms with van der Waals surface area (Å²) in [5.41, 5.74) is 3.62. The van der Waals surface area contributed by atoms with Gasteiger partial charge in [-0.3, -0.25) is 4.79 Å². The van der Waals surface area contributed by atoms with Crippen LogP contribution in [0.3, 0.4) is 0 Å². The number of aryl methyl sites for hydroxylation is 1. The number of hydrogen-bond acceptors (Lipinski definition) is 4. The highest BCUT2D eigenvalue weighted by Gasteiger charge is 2.29. The Labute approximate surface area is 229 Å². The Bertz CT molecular complexity index is 1490. The maximum absolute atomic E-state index is 13.6. The highest BCUT2D eigenvalue weighted by Crippen LogP contribution is 2.28. The zero-order valence-corrected chi connectivity index (χ0v) is 23.3. The first-order valence-corrected chi connectivity index (χ1v) is 13.8. The van der Waals surface area contributed by atoms with Gasteiger partial charge in [-0.1, -0.05) is 54.6 Å². The minimum atomic E-state index is -0.618. The van der Waals surface area contributed by atoms with E-state index in [-0.39, 0.29) is 24.3 Å². The molecular formula is C32H38N4O3. The van der Waals surface area contributed by atoms with Crippen LogP contribution in [0.4, 0.5) is 4.79 Å². The van der Waals surface area contributed by atoms with Crippen molar-refractivity contribution in [1.82, 2.24) is 20.2 Å². The monoisotopic (exact) mass is 526 g/mol. The van der Waals surface area contributed by atoms with Crippen LogP contribution in [0.25, 0.3) is 21.8 Å². The second-order valence-corrected chi connectivity index (χ2v) is 11.7. The van der Waals surface area contributed by atoms with Gasteiger partial charge in [0.15, 0.2) is 0 Å². The molecule has 4 aromatic rings. The number of amides is 2. The van der Waals surface area contributed by atoms with Gasteiger partial charge in [0.1, 0.15) is 11.4 Å². The van der Waals surface area contributed by atoms with Gasteiger partial charge in [0, 0.05) is 31.5 Å². The Morgan fingerprint density at radius 1 is 1.10 bits per heavy atom. The van der Waals surface area contributed by atoms with Crippen LogP contribution in [-0.2, 0) is 16.0 Å². The quantitative estimate of drug-likeness (QED) is 0.311. The topological polar surface area (TPSA) is 87.3 Å². The second-order valence-electron chi connectivity index (χ2n) is 11.7. The zero-order chi connectivity index (χ0) is 27.6. The molecule has 0 spiro atoms. The van der Waals surface area contributed by atoms with Gasteiger partial charge in [-0.15, -0.1) is 0 Å². The normalized spacial score (nSPS) is 16.8. The number of H-pyrrole nitrogens is 1. The Hall–Kier alpha value is -3.87. The molecule has 2 amide bonds. The van der Waals surface area contributed by atoms with Crippen LogP contribution in [0.2, 0.25) is 0 Å². The fourth-order valence-corrected chi connectivity index (χ4v) is 5.45. The SMILES string of the molecule is Cc1cccc2[nH]c(C3CCCN(C(=O)CC(Cc4ccc5ccccc5c4)NC(=O)OC(C)(C)C)C3)nc12. The fraction of sp³-hybridized carbons (Fsp3) is 0.406. The van der Waals surface area contributed by atoms with Crippen molar-refractivity contribution < 1.29 is 14.3 Å². The number of aromatic nitrogens is 2. The van der Waals surface area contributed by atoms with E-state index in [0.29, 0.717) is 19.5 Å². The van der Waals surface area contributed by atoms with Gasteiger partial charge in [0.2, 0.25) is 5.91 Å². The van der Waals surface area contributed by atoms with Crippen molar-refractivity contribution in [3.63, 3.8) is 0 Å². The predicted molar refractivity (Wildman–Crippen MR) is 155 cm³/mol. The molecule has 0 aliphatic carbocycles. The van der Waals surface area contributed by atoms with Crippen molar-refractivity contribution in [3.8, 4) is 0 Å². The van der Waals surface area contributed by atoms with Crippen molar-refractivity contribution in [2.24, 2.45) is 0 Å². The van der Waals surface area contributed by atoms with Crippen LogP contribution in [-0.4, -0.2) is 51.6 Å². The van der Waals surface area contributed by atoms with Crippen molar-refractivity contribution in [2.45, 2.75) is 70.9 Å². The number of piperidine rings is 1. The summed E-state index contributed by atoms with van der Waals surface area (Å²) in [6, 6.07) is 20.2. The number of aromatic amines is 1. The summed E-state index contributed by atoms with van der Waals surface area (Å²) >= 11 is 0. The molecule has 2 heterocycles. The Morgan fingerprint density at radius 2 is 1.90 bits per heavy atom. The van der Waals surface area contributed by atoms with Crippen molar-refractivity contribution >= 4 is 33.8 Å². The van der Waals surface area contributed by atoms with Gasteiger partial charge in [0.05, 0.1) is 11.0 Å². The van der Waals surface area contributed by atoms with Gasteiger partial charge >= 0.3 is 6.09 Å². The number of carbonyl (C=O) groups excluding carboxylic acids is 2. The van der Waals surface area contributed by atoms with Crippen LogP contribution in [0.1, 0.15) is 62.9 Å². The van der Waals surface area contributed by atoms with Crippen LogP contribution < -0.4 is 5.32 Å². The third kappa shape index (κ3) is 6.59. The first-order valence-electron chi connectivity index (χ1n) is 13.8. The number of alkyl carbamates (subject to hydrolysis) is 1. The number of carbonyl (C=O) groups is 2. The number of nitrogens with one attached hydrogen (secondary N) is 2. The van der Waals surface area contributed by atoms with E-state index in [2.05, 4.69) is 53.6 Å². The molecule has 1 saturated heterocycles. The lowest BCUT2D eigenvalue weighted by atomic mass is 9.95. The van der Waals surface area contributed by atoms with Gasteiger partial charge in [0.25, 0.3) is 0 Å². The average Bonchev–Trinajstić information content (AvgIpc) is 3.33. The summed E-state index contributed by atoms with van der Waals surface area (Å²) in [5.74, 6) is 1.14. The molecule has 1 aliphatic rings. The summed E-state index contributed by atoms with van der Waals surface area (Å²) < 4.78 is 5.53. The number of hydrogen-bond donors (Lipinski definition) is 2. The number of likely N-dealkylation sites (tertiary alicyclic amines) is 1. The highest BCUT2D eigenvalue weighted by molar-refractivity contribution is 5.83. The number of benzene rings is 3. The van der Waals surface area contributed by atoms with Crippen molar-refractivity contribution in [2.75, 3.05) is 13.1 Å². The largest absolute Gasteiger partial charge is 0.444 e. The summed E-state index contributed by atoms with van der Waals surface area (Å²) in [4.78, 5) is 36.6. The van der Waals surface area contributed by atoms with E-state index in [0.717, 1.165) is 51.6 Å². The number of imidazole rings is 1. The smallest absolute Gasteiger partial charge is 0.407 e. The second kappa shape index (κ2) is 11.1. The Kier molecular flexibility index (Phi) is 7.60. The molecule has 0 bridgehead atoms. The predicted octanol–water partition coefficient (Wildman–Crippen LogP) is 6.26. The molecule has 1 fully saturated rings. The summed E-state index contributed by atoms with van der Waals surface area (Å²) in [6.45, 7) is 8.91. The van der Waals surface area contributed by atoms with Gasteiger partial charge in [-0.05, 0) is 74.9 Å². The molecule has 7 nitrogen and oxygen atoms in total. The minimum absolute atomic E-state index is 0.0360. The van der Waals surface area contributed by atoms with Gasteiger partial charge in [-0.2, -0.15) is 0 Å². The Morgan fingerprint density at radius 3 is 2.67 bits per heavy atom. The molecule has 1 aromatic heterocycles. The summed E-state index contributed by atoms with van der Waals surface area (Å²) in [7, 11) is 0. The molecule has 7 heteroatoms. The lowest BCUT2D eigenvalue weighted by Gasteiger charge is -2.33. The van der Waals surface area contributed by atoms with Crippen LogP contribution in [0, 0.1) is 6.92 Å². The summed E-state index contributed by atoms with van der Waals surface area (Å²) in [5, 5.41) is 5.28. The zero-order valence-electron chi connectivity index (χ0n) is 23.3. The standard InChI is InChI=1S/C32H38N4O3/c1-21-9-7-13-27-29(21)35-30(34-27)25-12-8-16-36(20-25)28(37)19-26(33-31(38)39-32(2,3)4)18-22-14-15-23-10-5-6-11-24(23)17-22/h5-7,9-11,13-15,17,25-26H,8,12,16,18-20H2,1-4H3,(H,33,38)(H,34,35). The minimum Gasteiger partial charge on any atom is -0.444 e. The van der Waals surface area contributed by atoms with Crippen LogP contribution >= 0.6 is 0 Å². The molecule has 39 heavy (non-hydrogen) atoms. The van der Waals surface area contributed by atoms with Crippen molar-refractivity contribution in [3.05, 3.63) is 77.6 Å². The van der Waals surface area contributed by atoms with Gasteiger partial charge < -0.3 is 19.9 Å². The van der Waals surface area contributed by atoms with E-state index in [1.54, 1.807) is 0 Å². The highest BCUT2D eigenvalue weighted by atomic mass is 16.6. The molecule has 2 unspecified atom stereocenters. The maximum Gasteiger partial charge on any atom is 0.407 e. The van der Waals surface area contributed by atoms with Gasteiger partial charge in [-0.25, -0.2) is 9.78 Å². The van der Waals surface area contributed by atoms with E-state index in [1.807, 2.05) is 49.9 Å². The summed E-state index contributed by atoms with van der Waals surface area (Å²) in [6.07, 6.45) is 2.14. The van der Waals surface area contributed by atoms with E-state index in [4.69, 9.17) is 9.72 Å². The molecule has 204 valence electrons. The molecule has 5 rings (SSSR count). The number of nitrogens with zero attached hydrogens (tertiary/aromatic N) is 2. The lowest BCUT2D eigenvalue weighted by Crippen LogP contribution is -2.45. The van der Waals surface area contributed by atoms with E-state index in [9.17, 15) is 9.59 Å². The molecular weight excluding hydrogens is 488 g/mol. The average molecular weight is 527 g/mol. The molecule has 2 atom stereocenters. The first-order chi connectivity index (χ1) is 18.6. The first kappa shape index (κ1) is 26.7. The van der Waals surface area contributed by atoms with Crippen LogP contribution in [0.5, 0.6) is 0 Å². The number of fused-ring (bicyclic) bond motifs is 2. The van der Waals surface area contributed by atoms with Crippen molar-refractivity contribution in [1.29, 1.82) is 0 Å². The lowest BCUT2D eigenvalue weighted by molar-refractivity contribution is -0.132. The van der Waals surface area contributed by atoms with E-state index in [1.165, 1.54) is 0 Å². The van der Waals surface area contributed by atoms with Crippen LogP contribution in [0.15, 0.2) is 60.7 Å². The Balaban J connectivity index is 1.30. The van der Waals surface area contributed by atoms with E-state index < -0.39 is 11.7 Å². The number of para-hydroxylation sites is 1. The molecule has 2 N–H and O–H groups in total. The molecule has 0 radical (unpaired) electrons. The molecule has 1 aliphatic heterocycles. The third-order valence-corrected chi connectivity index (χ3v) is 7.33. The maximum atomic E-state index is 13.6. The van der Waals surface area contributed by atoms with E-state index >= 15 is 0 Å². The third-order valence-electron chi connectivity index (χ3n) is 7.33.